The molecule has 1 rings (SSSR count). The summed E-state index contributed by atoms with van der Waals surface area (Å²) in [6.07, 6.45) is -0.370. The van der Waals surface area contributed by atoms with E-state index in [9.17, 15) is 9.50 Å². The summed E-state index contributed by atoms with van der Waals surface area (Å²) in [5.74, 6) is -0.404. The molecule has 2 nitrogen and oxygen atoms in total. The molecule has 0 saturated heterocycles. The average Bonchev–Trinajstić information content (AvgIpc) is 2.10. The van der Waals surface area contributed by atoms with Crippen molar-refractivity contribution in [2.45, 2.75) is 19.6 Å². The standard InChI is InChI=1S/C11H15ClFNO/c1-8(15)6-14(2)7-9-3-4-11(13)10(12)5-9/h3-5,8,15H,6-7H2,1-2H3. The van der Waals surface area contributed by atoms with Crippen LogP contribution in [0.3, 0.4) is 0 Å². The summed E-state index contributed by atoms with van der Waals surface area (Å²) in [6, 6.07) is 4.66. The third-order valence-corrected chi connectivity index (χ3v) is 2.30. The van der Waals surface area contributed by atoms with Gasteiger partial charge in [0, 0.05) is 13.1 Å². The van der Waals surface area contributed by atoms with Crippen LogP contribution >= 0.6 is 11.6 Å². The highest BCUT2D eigenvalue weighted by molar-refractivity contribution is 6.30. The van der Waals surface area contributed by atoms with Crippen molar-refractivity contribution in [1.82, 2.24) is 4.90 Å². The van der Waals surface area contributed by atoms with Gasteiger partial charge in [-0.15, -0.1) is 0 Å². The van der Waals surface area contributed by atoms with Gasteiger partial charge in [-0.25, -0.2) is 4.39 Å². The van der Waals surface area contributed by atoms with Crippen molar-refractivity contribution in [3.05, 3.63) is 34.6 Å². The number of halogens is 2. The zero-order chi connectivity index (χ0) is 11.4. The Labute approximate surface area is 94.3 Å². The zero-order valence-corrected chi connectivity index (χ0v) is 9.63. The molecule has 0 aliphatic heterocycles. The maximum atomic E-state index is 12.9. The van der Waals surface area contributed by atoms with Crippen LogP contribution in [0, 0.1) is 5.82 Å². The first-order chi connectivity index (χ1) is 6.99. The molecule has 0 aliphatic rings. The summed E-state index contributed by atoms with van der Waals surface area (Å²) >= 11 is 5.66. The Morgan fingerprint density at radius 3 is 2.73 bits per heavy atom. The van der Waals surface area contributed by atoms with E-state index in [0.717, 1.165) is 5.56 Å². The van der Waals surface area contributed by atoms with Gasteiger partial charge in [0.05, 0.1) is 11.1 Å². The number of rotatable bonds is 4. The molecule has 1 atom stereocenters. The minimum Gasteiger partial charge on any atom is -0.392 e. The predicted octanol–water partition coefficient (Wildman–Crippen LogP) is 2.29. The molecule has 0 aromatic heterocycles. The second-order valence-corrected chi connectivity index (χ2v) is 4.20. The first kappa shape index (κ1) is 12.4. The fraction of sp³-hybridized carbons (Fsp3) is 0.455. The minimum atomic E-state index is -0.404. The minimum absolute atomic E-state index is 0.137. The van der Waals surface area contributed by atoms with Crippen molar-refractivity contribution >= 4 is 11.6 Å². The van der Waals surface area contributed by atoms with Crippen molar-refractivity contribution in [2.75, 3.05) is 13.6 Å². The van der Waals surface area contributed by atoms with Crippen LogP contribution in [0.15, 0.2) is 18.2 Å². The second-order valence-electron chi connectivity index (χ2n) is 3.79. The molecular weight excluding hydrogens is 217 g/mol. The Hall–Kier alpha value is -0.640. The Morgan fingerprint density at radius 1 is 1.53 bits per heavy atom. The van der Waals surface area contributed by atoms with Crippen molar-refractivity contribution in [3.8, 4) is 0 Å². The van der Waals surface area contributed by atoms with Crippen molar-refractivity contribution in [1.29, 1.82) is 0 Å². The van der Waals surface area contributed by atoms with Crippen LogP contribution in [0.5, 0.6) is 0 Å². The number of aliphatic hydroxyl groups is 1. The van der Waals surface area contributed by atoms with E-state index in [4.69, 9.17) is 11.6 Å². The lowest BCUT2D eigenvalue weighted by atomic mass is 10.2. The molecule has 1 aromatic carbocycles. The predicted molar refractivity (Wildman–Crippen MR) is 59.4 cm³/mol. The van der Waals surface area contributed by atoms with E-state index < -0.39 is 5.82 Å². The monoisotopic (exact) mass is 231 g/mol. The van der Waals surface area contributed by atoms with E-state index >= 15 is 0 Å². The van der Waals surface area contributed by atoms with Crippen LogP contribution in [0.2, 0.25) is 5.02 Å². The van der Waals surface area contributed by atoms with Crippen LogP contribution in [0.1, 0.15) is 12.5 Å². The smallest absolute Gasteiger partial charge is 0.141 e. The van der Waals surface area contributed by atoms with Gasteiger partial charge in [-0.3, -0.25) is 4.90 Å². The highest BCUT2D eigenvalue weighted by Gasteiger charge is 2.06. The van der Waals surface area contributed by atoms with E-state index in [1.165, 1.54) is 6.07 Å². The van der Waals surface area contributed by atoms with Crippen molar-refractivity contribution in [2.24, 2.45) is 0 Å². The Balaban J connectivity index is 2.60. The fourth-order valence-corrected chi connectivity index (χ4v) is 1.67. The first-order valence-electron chi connectivity index (χ1n) is 4.79. The third kappa shape index (κ3) is 4.16. The van der Waals surface area contributed by atoms with E-state index in [2.05, 4.69) is 0 Å². The van der Waals surface area contributed by atoms with Crippen molar-refractivity contribution in [3.63, 3.8) is 0 Å². The van der Waals surface area contributed by atoms with E-state index in [1.54, 1.807) is 19.1 Å². The van der Waals surface area contributed by atoms with Gasteiger partial charge >= 0.3 is 0 Å². The Morgan fingerprint density at radius 2 is 2.20 bits per heavy atom. The number of hydrogen-bond donors (Lipinski definition) is 1. The van der Waals surface area contributed by atoms with E-state index in [0.29, 0.717) is 13.1 Å². The zero-order valence-electron chi connectivity index (χ0n) is 8.87. The summed E-state index contributed by atoms with van der Waals surface area (Å²) in [5.41, 5.74) is 0.935. The lowest BCUT2D eigenvalue weighted by Crippen LogP contribution is -2.26. The lowest BCUT2D eigenvalue weighted by Gasteiger charge is -2.18. The van der Waals surface area contributed by atoms with Gasteiger partial charge in [0.15, 0.2) is 0 Å². The topological polar surface area (TPSA) is 23.5 Å². The second kappa shape index (κ2) is 5.45. The summed E-state index contributed by atoms with van der Waals surface area (Å²) in [7, 11) is 1.89. The third-order valence-electron chi connectivity index (χ3n) is 2.01. The number of aliphatic hydroxyl groups excluding tert-OH is 1. The fourth-order valence-electron chi connectivity index (χ4n) is 1.47. The molecule has 0 heterocycles. The highest BCUT2D eigenvalue weighted by Crippen LogP contribution is 2.16. The van der Waals surface area contributed by atoms with Crippen LogP contribution in [0.4, 0.5) is 4.39 Å². The number of nitrogens with zero attached hydrogens (tertiary/aromatic N) is 1. The highest BCUT2D eigenvalue weighted by atomic mass is 35.5. The van der Waals surface area contributed by atoms with Gasteiger partial charge in [0.25, 0.3) is 0 Å². The maximum absolute atomic E-state index is 12.9. The molecule has 1 N–H and O–H groups in total. The first-order valence-corrected chi connectivity index (χ1v) is 5.17. The molecule has 0 saturated carbocycles. The van der Waals surface area contributed by atoms with Crippen LogP contribution in [0.25, 0.3) is 0 Å². The van der Waals surface area contributed by atoms with Crippen molar-refractivity contribution < 1.29 is 9.50 Å². The number of benzene rings is 1. The summed E-state index contributed by atoms with van der Waals surface area (Å²) in [5, 5.41) is 9.31. The normalized spacial score (nSPS) is 13.2. The number of likely N-dealkylation sites (N-methyl/N-ethyl adjacent to an activating group) is 1. The molecule has 0 aliphatic carbocycles. The quantitative estimate of drug-likeness (QED) is 0.860. The molecule has 0 radical (unpaired) electrons. The van der Waals surface area contributed by atoms with Crippen LogP contribution in [-0.2, 0) is 6.54 Å². The van der Waals surface area contributed by atoms with Gasteiger partial charge in [0.1, 0.15) is 5.82 Å². The Kier molecular flexibility index (Phi) is 4.51. The van der Waals surface area contributed by atoms with Gasteiger partial charge in [0.2, 0.25) is 0 Å². The Bertz CT molecular complexity index is 330. The van der Waals surface area contributed by atoms with Crippen LogP contribution in [-0.4, -0.2) is 29.7 Å². The molecule has 15 heavy (non-hydrogen) atoms. The van der Waals surface area contributed by atoms with E-state index in [-0.39, 0.29) is 11.1 Å². The summed E-state index contributed by atoms with van der Waals surface area (Å²) < 4.78 is 12.9. The molecular formula is C11H15ClFNO. The molecule has 4 heteroatoms. The molecule has 1 aromatic rings. The molecule has 0 bridgehead atoms. The molecule has 0 spiro atoms. The molecule has 1 unspecified atom stereocenters. The lowest BCUT2D eigenvalue weighted by molar-refractivity contribution is 0.138. The summed E-state index contributed by atoms with van der Waals surface area (Å²) in [6.45, 7) is 2.95. The van der Waals surface area contributed by atoms with Gasteiger partial charge < -0.3 is 5.11 Å². The largest absolute Gasteiger partial charge is 0.392 e. The van der Waals surface area contributed by atoms with Gasteiger partial charge in [-0.2, -0.15) is 0 Å². The molecule has 0 fully saturated rings. The number of hydrogen-bond acceptors (Lipinski definition) is 2. The molecule has 84 valence electrons. The maximum Gasteiger partial charge on any atom is 0.141 e. The van der Waals surface area contributed by atoms with Gasteiger partial charge in [-0.05, 0) is 31.7 Å². The van der Waals surface area contributed by atoms with E-state index in [1.807, 2.05) is 11.9 Å². The van der Waals surface area contributed by atoms with Gasteiger partial charge in [-0.1, -0.05) is 17.7 Å². The summed E-state index contributed by atoms with van der Waals surface area (Å²) in [4.78, 5) is 1.95. The SMILES string of the molecule is CC(O)CN(C)Cc1ccc(F)c(Cl)c1. The average molecular weight is 232 g/mol. The molecule has 0 amide bonds. The van der Waals surface area contributed by atoms with Crippen LogP contribution < -0.4 is 0 Å².